The lowest BCUT2D eigenvalue weighted by atomic mass is 9.89. The van der Waals surface area contributed by atoms with Crippen molar-refractivity contribution in [2.45, 2.75) is 12.5 Å². The molecule has 6 heteroatoms. The van der Waals surface area contributed by atoms with E-state index >= 15 is 0 Å². The Morgan fingerprint density at radius 3 is 2.82 bits per heavy atom. The van der Waals surface area contributed by atoms with E-state index in [1.54, 1.807) is 0 Å². The van der Waals surface area contributed by atoms with Crippen LogP contribution in [0.3, 0.4) is 0 Å². The highest BCUT2D eigenvalue weighted by atomic mass is 32.1. The van der Waals surface area contributed by atoms with E-state index in [1.807, 2.05) is 24.4 Å². The van der Waals surface area contributed by atoms with Crippen LogP contribution in [-0.2, 0) is 16.1 Å². The molecule has 0 amide bonds. The highest BCUT2D eigenvalue weighted by Crippen LogP contribution is 2.34. The second-order valence-corrected chi connectivity index (χ2v) is 6.65. The number of nitrogens with zero attached hydrogens (tertiary/aromatic N) is 2. The standard InChI is InChI=1S/C16H19N3O2S/c1-21-15(20)14-10-19(8-12-7-18-16(17)22-12)9-13(14)11-5-3-2-4-6-11/h2-7,13-14H,8-10H2,1H3,(H2,17,18)/t13-,14+/m0/s1. The Morgan fingerprint density at radius 2 is 2.18 bits per heavy atom. The molecule has 1 aromatic heterocycles. The number of rotatable bonds is 4. The van der Waals surface area contributed by atoms with Crippen LogP contribution in [0.1, 0.15) is 16.4 Å². The van der Waals surface area contributed by atoms with Crippen LogP contribution in [0, 0.1) is 5.92 Å². The number of likely N-dealkylation sites (tertiary alicyclic amines) is 1. The highest BCUT2D eigenvalue weighted by Gasteiger charge is 2.39. The summed E-state index contributed by atoms with van der Waals surface area (Å²) >= 11 is 1.50. The number of hydrogen-bond acceptors (Lipinski definition) is 6. The van der Waals surface area contributed by atoms with Crippen molar-refractivity contribution in [3.8, 4) is 0 Å². The average molecular weight is 317 g/mol. The lowest BCUT2D eigenvalue weighted by molar-refractivity contribution is -0.145. The summed E-state index contributed by atoms with van der Waals surface area (Å²) in [6.07, 6.45) is 1.81. The van der Waals surface area contributed by atoms with Crippen LogP contribution in [-0.4, -0.2) is 36.1 Å². The number of carbonyl (C=O) groups excluding carboxylic acids is 1. The van der Waals surface area contributed by atoms with Gasteiger partial charge in [0.15, 0.2) is 5.13 Å². The molecule has 22 heavy (non-hydrogen) atoms. The van der Waals surface area contributed by atoms with Gasteiger partial charge in [0.2, 0.25) is 0 Å². The molecule has 2 heterocycles. The summed E-state index contributed by atoms with van der Waals surface area (Å²) in [5, 5.41) is 0.582. The fourth-order valence-electron chi connectivity index (χ4n) is 3.06. The van der Waals surface area contributed by atoms with E-state index < -0.39 is 0 Å². The molecule has 1 saturated heterocycles. The molecule has 0 radical (unpaired) electrons. The Bertz CT molecular complexity index is 644. The van der Waals surface area contributed by atoms with Crippen molar-refractivity contribution in [2.75, 3.05) is 25.9 Å². The molecule has 0 bridgehead atoms. The lowest BCUT2D eigenvalue weighted by Crippen LogP contribution is -2.24. The van der Waals surface area contributed by atoms with Crippen LogP contribution in [0.5, 0.6) is 0 Å². The third-order valence-corrected chi connectivity index (χ3v) is 4.89. The minimum absolute atomic E-state index is 0.127. The van der Waals surface area contributed by atoms with Gasteiger partial charge in [-0.1, -0.05) is 30.3 Å². The molecule has 1 aromatic carbocycles. The van der Waals surface area contributed by atoms with Crippen LogP contribution in [0.15, 0.2) is 36.5 Å². The van der Waals surface area contributed by atoms with Gasteiger partial charge in [-0.3, -0.25) is 9.69 Å². The van der Waals surface area contributed by atoms with Gasteiger partial charge in [0.05, 0.1) is 13.0 Å². The van der Waals surface area contributed by atoms with Crippen LogP contribution in [0.2, 0.25) is 0 Å². The van der Waals surface area contributed by atoms with Crippen molar-refractivity contribution in [3.63, 3.8) is 0 Å². The second kappa shape index (κ2) is 6.46. The van der Waals surface area contributed by atoms with E-state index in [4.69, 9.17) is 10.5 Å². The van der Waals surface area contributed by atoms with Gasteiger partial charge in [0, 0.05) is 36.6 Å². The maximum atomic E-state index is 12.1. The molecule has 2 atom stereocenters. The normalized spacial score (nSPS) is 21.9. The van der Waals surface area contributed by atoms with Crippen molar-refractivity contribution in [3.05, 3.63) is 47.0 Å². The number of thiazole rings is 1. The summed E-state index contributed by atoms with van der Waals surface area (Å²) in [6.45, 7) is 2.30. The van der Waals surface area contributed by atoms with E-state index in [0.29, 0.717) is 11.7 Å². The molecule has 0 saturated carbocycles. The van der Waals surface area contributed by atoms with Crippen LogP contribution >= 0.6 is 11.3 Å². The number of ether oxygens (including phenoxy) is 1. The summed E-state index contributed by atoms with van der Waals surface area (Å²) < 4.78 is 4.99. The Labute approximate surface area is 133 Å². The van der Waals surface area contributed by atoms with Crippen molar-refractivity contribution in [1.82, 2.24) is 9.88 Å². The number of hydrogen-bond donors (Lipinski definition) is 1. The minimum Gasteiger partial charge on any atom is -0.469 e. The maximum absolute atomic E-state index is 12.1. The first kappa shape index (κ1) is 15.0. The van der Waals surface area contributed by atoms with E-state index in [-0.39, 0.29) is 17.8 Å². The van der Waals surface area contributed by atoms with Crippen molar-refractivity contribution >= 4 is 22.4 Å². The third kappa shape index (κ3) is 3.13. The van der Waals surface area contributed by atoms with Gasteiger partial charge in [-0.15, -0.1) is 11.3 Å². The van der Waals surface area contributed by atoms with Gasteiger partial charge < -0.3 is 10.5 Å². The molecule has 2 aromatic rings. The number of benzene rings is 1. The summed E-state index contributed by atoms with van der Waals surface area (Å²) in [5.41, 5.74) is 6.87. The van der Waals surface area contributed by atoms with E-state index in [0.717, 1.165) is 18.0 Å². The SMILES string of the molecule is COC(=O)[C@@H]1CN(Cc2cnc(N)s2)C[C@H]1c1ccccc1. The van der Waals surface area contributed by atoms with Gasteiger partial charge in [0.1, 0.15) is 0 Å². The first-order valence-electron chi connectivity index (χ1n) is 7.22. The zero-order chi connectivity index (χ0) is 15.5. The number of aromatic nitrogens is 1. The fraction of sp³-hybridized carbons (Fsp3) is 0.375. The Balaban J connectivity index is 1.77. The largest absolute Gasteiger partial charge is 0.469 e. The van der Waals surface area contributed by atoms with Crippen molar-refractivity contribution in [1.29, 1.82) is 0 Å². The lowest BCUT2D eigenvalue weighted by Gasteiger charge is -2.16. The molecule has 1 aliphatic rings. The van der Waals surface area contributed by atoms with E-state index in [2.05, 4.69) is 22.0 Å². The molecular weight excluding hydrogens is 298 g/mol. The zero-order valence-electron chi connectivity index (χ0n) is 12.4. The average Bonchev–Trinajstić information content (AvgIpc) is 3.14. The number of methoxy groups -OCH3 is 1. The molecular formula is C16H19N3O2S. The van der Waals surface area contributed by atoms with E-state index in [9.17, 15) is 4.79 Å². The minimum atomic E-state index is -0.139. The Hall–Kier alpha value is -1.92. The highest BCUT2D eigenvalue weighted by molar-refractivity contribution is 7.15. The van der Waals surface area contributed by atoms with Crippen LogP contribution in [0.25, 0.3) is 0 Å². The Morgan fingerprint density at radius 1 is 1.41 bits per heavy atom. The molecule has 0 unspecified atom stereocenters. The van der Waals surface area contributed by atoms with Gasteiger partial charge in [-0.2, -0.15) is 0 Å². The molecule has 2 N–H and O–H groups in total. The third-order valence-electron chi connectivity index (χ3n) is 4.08. The second-order valence-electron chi connectivity index (χ2n) is 5.51. The molecule has 0 aliphatic carbocycles. The molecule has 1 fully saturated rings. The fourth-order valence-corrected chi connectivity index (χ4v) is 3.79. The quantitative estimate of drug-likeness (QED) is 0.875. The topological polar surface area (TPSA) is 68.5 Å². The summed E-state index contributed by atoms with van der Waals surface area (Å²) in [5.74, 6) is -0.100. The van der Waals surface area contributed by atoms with Gasteiger partial charge in [0.25, 0.3) is 0 Å². The number of anilines is 1. The number of nitrogens with two attached hydrogens (primary N) is 1. The smallest absolute Gasteiger partial charge is 0.310 e. The van der Waals surface area contributed by atoms with Crippen molar-refractivity contribution in [2.24, 2.45) is 5.92 Å². The Kier molecular flexibility index (Phi) is 4.40. The summed E-state index contributed by atoms with van der Waals surface area (Å²) in [4.78, 5) is 19.6. The summed E-state index contributed by atoms with van der Waals surface area (Å²) in [6, 6.07) is 10.2. The predicted molar refractivity (Wildman–Crippen MR) is 86.5 cm³/mol. The number of nitrogen functional groups attached to an aromatic ring is 1. The predicted octanol–water partition coefficient (Wildman–Crippen LogP) is 2.11. The molecule has 3 rings (SSSR count). The first-order valence-corrected chi connectivity index (χ1v) is 8.04. The molecule has 5 nitrogen and oxygen atoms in total. The van der Waals surface area contributed by atoms with Crippen LogP contribution < -0.4 is 5.73 Å². The zero-order valence-corrected chi connectivity index (χ0v) is 13.3. The molecule has 116 valence electrons. The number of esters is 1. The van der Waals surface area contributed by atoms with Gasteiger partial charge in [-0.25, -0.2) is 4.98 Å². The van der Waals surface area contributed by atoms with Crippen molar-refractivity contribution < 1.29 is 9.53 Å². The number of carbonyl (C=O) groups is 1. The van der Waals surface area contributed by atoms with Gasteiger partial charge in [-0.05, 0) is 5.56 Å². The summed E-state index contributed by atoms with van der Waals surface area (Å²) in [7, 11) is 1.46. The monoisotopic (exact) mass is 317 g/mol. The van der Waals surface area contributed by atoms with E-state index in [1.165, 1.54) is 24.0 Å². The molecule has 0 spiro atoms. The van der Waals surface area contributed by atoms with Gasteiger partial charge >= 0.3 is 5.97 Å². The molecule has 1 aliphatic heterocycles. The van der Waals surface area contributed by atoms with Crippen LogP contribution in [0.4, 0.5) is 5.13 Å². The maximum Gasteiger partial charge on any atom is 0.310 e. The first-order chi connectivity index (χ1) is 10.7.